The van der Waals surface area contributed by atoms with Crippen LogP contribution in [0.3, 0.4) is 0 Å². The topological polar surface area (TPSA) is 21.8 Å². The summed E-state index contributed by atoms with van der Waals surface area (Å²) in [7, 11) is 0. The second-order valence-electron chi connectivity index (χ2n) is 3.86. The molecule has 0 N–H and O–H groups in total. The Kier molecular flexibility index (Phi) is 6.50. The van der Waals surface area contributed by atoms with Gasteiger partial charge >= 0.3 is 0 Å². The van der Waals surface area contributed by atoms with Gasteiger partial charge in [0.1, 0.15) is 12.7 Å². The van der Waals surface area contributed by atoms with Crippen LogP contribution in [-0.4, -0.2) is 19.3 Å². The van der Waals surface area contributed by atoms with Crippen LogP contribution in [0.1, 0.15) is 45.4 Å². The smallest absolute Gasteiger partial charge is 0.116 e. The second kappa shape index (κ2) is 7.86. The molecule has 0 saturated carbocycles. The van der Waals surface area contributed by atoms with Crippen LogP contribution in [-0.2, 0) is 9.47 Å². The summed E-state index contributed by atoms with van der Waals surface area (Å²) in [6.45, 7) is 3.85. The first-order valence-corrected chi connectivity index (χ1v) is 5.81. The minimum absolute atomic E-state index is 0.379. The Balaban J connectivity index is 1.73. The fraction of sp³-hybridized carbons (Fsp3) is 0.833. The van der Waals surface area contributed by atoms with Crippen molar-refractivity contribution in [1.29, 1.82) is 0 Å². The highest BCUT2D eigenvalue weighted by molar-refractivity contribution is 4.75. The van der Waals surface area contributed by atoms with E-state index in [2.05, 4.69) is 13.0 Å². The van der Waals surface area contributed by atoms with Gasteiger partial charge in [0.2, 0.25) is 0 Å². The number of hydrogen-bond donors (Lipinski definition) is 0. The Bertz CT molecular complexity index is 150. The molecule has 1 aliphatic heterocycles. The van der Waals surface area contributed by atoms with Crippen molar-refractivity contribution in [1.82, 2.24) is 0 Å². The molecule has 1 atom stereocenters. The normalized spacial score (nSPS) is 20.2. The Morgan fingerprint density at radius 2 is 2.07 bits per heavy atom. The fourth-order valence-corrected chi connectivity index (χ4v) is 1.33. The van der Waals surface area contributed by atoms with E-state index >= 15 is 0 Å². The van der Waals surface area contributed by atoms with E-state index in [0.717, 1.165) is 19.6 Å². The van der Waals surface area contributed by atoms with Crippen molar-refractivity contribution in [3.8, 4) is 0 Å². The SMILES string of the molecule is CCCCCCC/C=C/OCC1CO1. The Labute approximate surface area is 87.3 Å². The summed E-state index contributed by atoms with van der Waals surface area (Å²) < 4.78 is 10.3. The van der Waals surface area contributed by atoms with Gasteiger partial charge in [0.15, 0.2) is 0 Å². The number of hydrogen-bond acceptors (Lipinski definition) is 2. The first-order chi connectivity index (χ1) is 6.93. The molecule has 82 valence electrons. The molecule has 2 heteroatoms. The van der Waals surface area contributed by atoms with Crippen molar-refractivity contribution in [3.05, 3.63) is 12.3 Å². The lowest BCUT2D eigenvalue weighted by molar-refractivity contribution is 0.211. The van der Waals surface area contributed by atoms with Gasteiger partial charge < -0.3 is 9.47 Å². The maximum absolute atomic E-state index is 5.28. The van der Waals surface area contributed by atoms with E-state index < -0.39 is 0 Å². The molecular formula is C12H22O2. The van der Waals surface area contributed by atoms with Crippen molar-refractivity contribution < 1.29 is 9.47 Å². The predicted molar refractivity (Wildman–Crippen MR) is 58.2 cm³/mol. The van der Waals surface area contributed by atoms with Gasteiger partial charge in [-0.2, -0.15) is 0 Å². The third-order valence-corrected chi connectivity index (χ3v) is 2.35. The van der Waals surface area contributed by atoms with Gasteiger partial charge in [0.25, 0.3) is 0 Å². The lowest BCUT2D eigenvalue weighted by Crippen LogP contribution is -1.94. The van der Waals surface area contributed by atoms with Crippen LogP contribution in [0.2, 0.25) is 0 Å². The summed E-state index contributed by atoms with van der Waals surface area (Å²) in [5.74, 6) is 0. The zero-order valence-electron chi connectivity index (χ0n) is 9.21. The van der Waals surface area contributed by atoms with Gasteiger partial charge in [0.05, 0.1) is 12.9 Å². The van der Waals surface area contributed by atoms with Crippen LogP contribution in [0.4, 0.5) is 0 Å². The van der Waals surface area contributed by atoms with E-state index in [1.54, 1.807) is 0 Å². The van der Waals surface area contributed by atoms with E-state index in [-0.39, 0.29) is 0 Å². The van der Waals surface area contributed by atoms with Crippen LogP contribution in [0.15, 0.2) is 12.3 Å². The number of allylic oxidation sites excluding steroid dienone is 1. The predicted octanol–water partition coefficient (Wildman–Crippen LogP) is 3.28. The molecule has 1 saturated heterocycles. The van der Waals surface area contributed by atoms with E-state index in [1.165, 1.54) is 32.1 Å². The summed E-state index contributed by atoms with van der Waals surface area (Å²) in [5, 5.41) is 0. The lowest BCUT2D eigenvalue weighted by Gasteiger charge is -1.97. The van der Waals surface area contributed by atoms with E-state index in [9.17, 15) is 0 Å². The maximum Gasteiger partial charge on any atom is 0.116 e. The number of ether oxygens (including phenoxy) is 2. The first kappa shape index (κ1) is 11.6. The number of rotatable bonds is 9. The van der Waals surface area contributed by atoms with Crippen molar-refractivity contribution in [2.75, 3.05) is 13.2 Å². The average Bonchev–Trinajstić information content (AvgIpc) is 2.99. The monoisotopic (exact) mass is 198 g/mol. The molecule has 1 aliphatic rings. The largest absolute Gasteiger partial charge is 0.499 e. The molecule has 0 aliphatic carbocycles. The molecule has 0 aromatic carbocycles. The summed E-state index contributed by atoms with van der Waals surface area (Å²) in [4.78, 5) is 0. The van der Waals surface area contributed by atoms with Crippen molar-refractivity contribution >= 4 is 0 Å². The molecule has 0 bridgehead atoms. The summed E-state index contributed by atoms with van der Waals surface area (Å²) in [5.41, 5.74) is 0. The molecule has 0 aromatic heterocycles. The van der Waals surface area contributed by atoms with Crippen LogP contribution in [0.5, 0.6) is 0 Å². The van der Waals surface area contributed by atoms with Crippen molar-refractivity contribution in [2.45, 2.75) is 51.6 Å². The second-order valence-corrected chi connectivity index (χ2v) is 3.86. The van der Waals surface area contributed by atoms with E-state index in [0.29, 0.717) is 6.10 Å². The zero-order valence-corrected chi connectivity index (χ0v) is 9.21. The van der Waals surface area contributed by atoms with Crippen LogP contribution in [0.25, 0.3) is 0 Å². The number of epoxide rings is 1. The summed E-state index contributed by atoms with van der Waals surface area (Å²) in [6, 6.07) is 0. The maximum atomic E-state index is 5.28. The lowest BCUT2D eigenvalue weighted by atomic mass is 10.1. The average molecular weight is 198 g/mol. The number of unbranched alkanes of at least 4 members (excludes halogenated alkanes) is 5. The molecule has 0 spiro atoms. The highest BCUT2D eigenvalue weighted by Crippen LogP contribution is 2.09. The highest BCUT2D eigenvalue weighted by Gasteiger charge is 2.22. The Morgan fingerprint density at radius 1 is 1.29 bits per heavy atom. The molecule has 1 unspecified atom stereocenters. The molecule has 0 amide bonds. The van der Waals surface area contributed by atoms with Crippen LogP contribution in [0, 0.1) is 0 Å². The minimum Gasteiger partial charge on any atom is -0.499 e. The zero-order chi connectivity index (χ0) is 10.1. The van der Waals surface area contributed by atoms with E-state index in [4.69, 9.17) is 9.47 Å². The standard InChI is InChI=1S/C12H22O2/c1-2-3-4-5-6-7-8-9-13-10-12-11-14-12/h8-9,12H,2-7,10-11H2,1H3/b9-8+. The molecule has 0 radical (unpaired) electrons. The summed E-state index contributed by atoms with van der Waals surface area (Å²) in [6.07, 6.45) is 12.2. The Hall–Kier alpha value is -0.500. The van der Waals surface area contributed by atoms with Gasteiger partial charge in [-0.15, -0.1) is 0 Å². The molecule has 14 heavy (non-hydrogen) atoms. The van der Waals surface area contributed by atoms with Gasteiger partial charge in [-0.05, 0) is 18.9 Å². The first-order valence-electron chi connectivity index (χ1n) is 5.81. The van der Waals surface area contributed by atoms with Crippen molar-refractivity contribution in [3.63, 3.8) is 0 Å². The fourth-order valence-electron chi connectivity index (χ4n) is 1.33. The molecule has 2 nitrogen and oxygen atoms in total. The third kappa shape index (κ3) is 6.96. The van der Waals surface area contributed by atoms with Gasteiger partial charge in [-0.3, -0.25) is 0 Å². The molecule has 1 heterocycles. The molecule has 0 aromatic rings. The van der Waals surface area contributed by atoms with E-state index in [1.807, 2.05) is 6.26 Å². The molecule has 1 fully saturated rings. The summed E-state index contributed by atoms with van der Waals surface area (Å²) >= 11 is 0. The van der Waals surface area contributed by atoms with Crippen molar-refractivity contribution in [2.24, 2.45) is 0 Å². The van der Waals surface area contributed by atoms with Gasteiger partial charge in [0, 0.05) is 0 Å². The van der Waals surface area contributed by atoms with Crippen LogP contribution >= 0.6 is 0 Å². The minimum atomic E-state index is 0.379. The third-order valence-electron chi connectivity index (χ3n) is 2.35. The molecule has 1 rings (SSSR count). The highest BCUT2D eigenvalue weighted by atomic mass is 16.6. The molecular weight excluding hydrogens is 176 g/mol. The quantitative estimate of drug-likeness (QED) is 0.322. The van der Waals surface area contributed by atoms with Crippen LogP contribution < -0.4 is 0 Å². The Morgan fingerprint density at radius 3 is 2.79 bits per heavy atom. The van der Waals surface area contributed by atoms with Gasteiger partial charge in [-0.25, -0.2) is 0 Å². The van der Waals surface area contributed by atoms with Gasteiger partial charge in [-0.1, -0.05) is 32.6 Å².